The molecule has 0 saturated carbocycles. The molecular formula is C22H23F2N3O2. The number of rotatable bonds is 3. The van der Waals surface area contributed by atoms with E-state index >= 15 is 0 Å². The molecule has 152 valence electrons. The Hall–Kier alpha value is -2.54. The molecule has 2 atom stereocenters. The molecule has 0 bridgehead atoms. The molecule has 1 aromatic heterocycles. The van der Waals surface area contributed by atoms with Crippen LogP contribution < -0.4 is 4.90 Å². The zero-order valence-electron chi connectivity index (χ0n) is 16.0. The van der Waals surface area contributed by atoms with E-state index in [9.17, 15) is 13.6 Å². The van der Waals surface area contributed by atoms with Crippen molar-refractivity contribution in [2.45, 2.75) is 50.0 Å². The number of amides is 1. The second kappa shape index (κ2) is 7.06. The van der Waals surface area contributed by atoms with Crippen molar-refractivity contribution >= 4 is 11.7 Å². The summed E-state index contributed by atoms with van der Waals surface area (Å²) in [6, 6.07) is 13.1. The van der Waals surface area contributed by atoms with Crippen molar-refractivity contribution in [2.24, 2.45) is 0 Å². The van der Waals surface area contributed by atoms with Gasteiger partial charge in [-0.15, -0.1) is 0 Å². The summed E-state index contributed by atoms with van der Waals surface area (Å²) in [6.07, 6.45) is 1.46. The number of aromatic nitrogens is 1. The summed E-state index contributed by atoms with van der Waals surface area (Å²) in [6.45, 7) is 0.943. The molecule has 1 spiro atoms. The number of anilines is 1. The first-order chi connectivity index (χ1) is 14.1. The molecule has 0 radical (unpaired) electrons. The van der Waals surface area contributed by atoms with Crippen LogP contribution in [0.5, 0.6) is 0 Å². The van der Waals surface area contributed by atoms with E-state index in [0.717, 1.165) is 18.4 Å². The third kappa shape index (κ3) is 2.99. The SMILES string of the molecule is O=C1N2[C@@H](CC[C@H]2c2ccccc2)OC12CCN(c1ncccc1C(F)F)CC2. The van der Waals surface area contributed by atoms with Gasteiger partial charge in [-0.1, -0.05) is 30.3 Å². The van der Waals surface area contributed by atoms with Crippen LogP contribution in [-0.2, 0) is 9.53 Å². The van der Waals surface area contributed by atoms with Crippen molar-refractivity contribution in [1.82, 2.24) is 9.88 Å². The van der Waals surface area contributed by atoms with Crippen molar-refractivity contribution in [3.63, 3.8) is 0 Å². The van der Waals surface area contributed by atoms with Gasteiger partial charge in [0.15, 0.2) is 5.60 Å². The molecule has 3 fully saturated rings. The Kier molecular flexibility index (Phi) is 4.50. The molecule has 3 saturated heterocycles. The van der Waals surface area contributed by atoms with E-state index < -0.39 is 12.0 Å². The number of halogens is 2. The minimum absolute atomic E-state index is 0.0450. The Morgan fingerprint density at radius 1 is 1.07 bits per heavy atom. The fraction of sp³-hybridized carbons (Fsp3) is 0.455. The normalized spacial score (nSPS) is 25.8. The highest BCUT2D eigenvalue weighted by Gasteiger charge is 2.58. The first-order valence-corrected chi connectivity index (χ1v) is 10.1. The summed E-state index contributed by atoms with van der Waals surface area (Å²) in [7, 11) is 0. The molecule has 1 aromatic carbocycles. The van der Waals surface area contributed by atoms with Crippen LogP contribution in [0.4, 0.5) is 14.6 Å². The summed E-state index contributed by atoms with van der Waals surface area (Å²) in [5.41, 5.74) is 0.234. The van der Waals surface area contributed by atoms with Crippen LogP contribution >= 0.6 is 0 Å². The monoisotopic (exact) mass is 399 g/mol. The lowest BCUT2D eigenvalue weighted by Gasteiger charge is -2.38. The molecule has 2 aromatic rings. The van der Waals surface area contributed by atoms with Crippen LogP contribution in [-0.4, -0.2) is 40.7 Å². The third-order valence-electron chi connectivity index (χ3n) is 6.43. The van der Waals surface area contributed by atoms with E-state index in [1.807, 2.05) is 28.0 Å². The van der Waals surface area contributed by atoms with Gasteiger partial charge in [-0.05, 0) is 30.5 Å². The van der Waals surface area contributed by atoms with E-state index in [1.54, 1.807) is 0 Å². The molecule has 29 heavy (non-hydrogen) atoms. The number of piperidine rings is 1. The number of nitrogens with zero attached hydrogens (tertiary/aromatic N) is 3. The number of benzene rings is 1. The third-order valence-corrected chi connectivity index (χ3v) is 6.43. The van der Waals surface area contributed by atoms with Gasteiger partial charge >= 0.3 is 0 Å². The molecule has 0 aliphatic carbocycles. The Balaban J connectivity index is 1.34. The standard InChI is InChI=1S/C22H23F2N3O2/c23-19(24)16-7-4-12-25-20(16)26-13-10-22(11-14-26)21(28)27-17(8-9-18(27)29-22)15-5-2-1-3-6-15/h1-7,12,17-19H,8-11,13-14H2/t17-,18+/m0/s1. The molecule has 5 nitrogen and oxygen atoms in total. The molecular weight excluding hydrogens is 376 g/mol. The number of hydrogen-bond acceptors (Lipinski definition) is 4. The molecule has 3 aliphatic rings. The number of pyridine rings is 1. The molecule has 5 rings (SSSR count). The second-order valence-electron chi connectivity index (χ2n) is 7.99. The number of carbonyl (C=O) groups is 1. The highest BCUT2D eigenvalue weighted by molar-refractivity contribution is 5.88. The fourth-order valence-corrected chi connectivity index (χ4v) is 4.97. The van der Waals surface area contributed by atoms with Crippen molar-refractivity contribution in [2.75, 3.05) is 18.0 Å². The lowest BCUT2D eigenvalue weighted by Crippen LogP contribution is -2.50. The number of fused-ring (bicyclic) bond motifs is 1. The smallest absolute Gasteiger partial charge is 0.267 e. The highest BCUT2D eigenvalue weighted by Crippen LogP contribution is 2.48. The zero-order valence-corrected chi connectivity index (χ0v) is 16.0. The predicted molar refractivity (Wildman–Crippen MR) is 104 cm³/mol. The first kappa shape index (κ1) is 18.5. The summed E-state index contributed by atoms with van der Waals surface area (Å²) in [5.74, 6) is 0.356. The molecule has 0 unspecified atom stereocenters. The lowest BCUT2D eigenvalue weighted by molar-refractivity contribution is -0.140. The van der Waals surface area contributed by atoms with Crippen LogP contribution in [0.1, 0.15) is 49.3 Å². The maximum absolute atomic E-state index is 13.4. The number of alkyl halides is 2. The second-order valence-corrected chi connectivity index (χ2v) is 7.99. The van der Waals surface area contributed by atoms with Gasteiger partial charge in [0, 0.05) is 32.1 Å². The van der Waals surface area contributed by atoms with E-state index in [0.29, 0.717) is 31.7 Å². The van der Waals surface area contributed by atoms with Gasteiger partial charge in [0.1, 0.15) is 12.0 Å². The van der Waals surface area contributed by atoms with E-state index in [1.165, 1.54) is 18.3 Å². The summed E-state index contributed by atoms with van der Waals surface area (Å²) in [4.78, 5) is 21.4. The predicted octanol–water partition coefficient (Wildman–Crippen LogP) is 4.08. The molecule has 4 heterocycles. The van der Waals surface area contributed by atoms with Crippen molar-refractivity contribution in [3.8, 4) is 0 Å². The van der Waals surface area contributed by atoms with Gasteiger partial charge in [0.2, 0.25) is 0 Å². The van der Waals surface area contributed by atoms with Gasteiger partial charge in [-0.2, -0.15) is 0 Å². The average molecular weight is 399 g/mol. The molecule has 7 heteroatoms. The maximum atomic E-state index is 13.4. The lowest BCUT2D eigenvalue weighted by atomic mass is 9.89. The fourth-order valence-electron chi connectivity index (χ4n) is 4.97. The average Bonchev–Trinajstić information content (AvgIpc) is 3.27. The van der Waals surface area contributed by atoms with Crippen LogP contribution in [0.2, 0.25) is 0 Å². The highest BCUT2D eigenvalue weighted by atomic mass is 19.3. The number of carbonyl (C=O) groups excluding carboxylic acids is 1. The Morgan fingerprint density at radius 2 is 1.83 bits per heavy atom. The zero-order chi connectivity index (χ0) is 20.0. The molecule has 3 aliphatic heterocycles. The van der Waals surface area contributed by atoms with Crippen molar-refractivity contribution in [1.29, 1.82) is 0 Å². The van der Waals surface area contributed by atoms with Crippen molar-refractivity contribution < 1.29 is 18.3 Å². The maximum Gasteiger partial charge on any atom is 0.267 e. The Labute approximate surface area is 168 Å². The topological polar surface area (TPSA) is 45.7 Å². The quantitative estimate of drug-likeness (QED) is 0.780. The van der Waals surface area contributed by atoms with Gasteiger partial charge < -0.3 is 14.5 Å². The van der Waals surface area contributed by atoms with Crippen LogP contribution in [0, 0.1) is 0 Å². The Morgan fingerprint density at radius 3 is 2.55 bits per heavy atom. The van der Waals surface area contributed by atoms with E-state index in [2.05, 4.69) is 17.1 Å². The van der Waals surface area contributed by atoms with Gasteiger partial charge in [-0.3, -0.25) is 4.79 Å². The molecule has 1 amide bonds. The Bertz CT molecular complexity index is 900. The van der Waals surface area contributed by atoms with Crippen molar-refractivity contribution in [3.05, 3.63) is 59.8 Å². The minimum atomic E-state index is -2.57. The summed E-state index contributed by atoms with van der Waals surface area (Å²) < 4.78 is 33.0. The van der Waals surface area contributed by atoms with Gasteiger partial charge in [-0.25, -0.2) is 13.8 Å². The summed E-state index contributed by atoms with van der Waals surface area (Å²) in [5, 5.41) is 0. The van der Waals surface area contributed by atoms with Crippen LogP contribution in [0.15, 0.2) is 48.7 Å². The molecule has 0 N–H and O–H groups in total. The largest absolute Gasteiger partial charge is 0.356 e. The van der Waals surface area contributed by atoms with Crippen LogP contribution in [0.3, 0.4) is 0 Å². The van der Waals surface area contributed by atoms with Gasteiger partial charge in [0.05, 0.1) is 11.6 Å². The first-order valence-electron chi connectivity index (χ1n) is 10.1. The summed E-state index contributed by atoms with van der Waals surface area (Å²) >= 11 is 0. The van der Waals surface area contributed by atoms with E-state index in [-0.39, 0.29) is 23.7 Å². The minimum Gasteiger partial charge on any atom is -0.356 e. The number of ether oxygens (including phenoxy) is 1. The van der Waals surface area contributed by atoms with Gasteiger partial charge in [0.25, 0.3) is 12.3 Å². The number of hydrogen-bond donors (Lipinski definition) is 0. The van der Waals surface area contributed by atoms with E-state index in [4.69, 9.17) is 4.74 Å². The van der Waals surface area contributed by atoms with Crippen LogP contribution in [0.25, 0.3) is 0 Å².